The molecule has 0 amide bonds. The van der Waals surface area contributed by atoms with Gasteiger partial charge in [-0.3, -0.25) is 0 Å². The van der Waals surface area contributed by atoms with Crippen molar-refractivity contribution in [3.8, 4) is 11.4 Å². The van der Waals surface area contributed by atoms with Gasteiger partial charge >= 0.3 is 0 Å². The maximum absolute atomic E-state index is 4.81. The van der Waals surface area contributed by atoms with E-state index < -0.39 is 0 Å². The molecule has 0 saturated carbocycles. The summed E-state index contributed by atoms with van der Waals surface area (Å²) in [7, 11) is 0. The van der Waals surface area contributed by atoms with Crippen molar-refractivity contribution < 1.29 is 0 Å². The highest BCUT2D eigenvalue weighted by molar-refractivity contribution is 5.60. The summed E-state index contributed by atoms with van der Waals surface area (Å²) in [5, 5.41) is 13.4. The van der Waals surface area contributed by atoms with E-state index in [1.54, 1.807) is 0 Å². The van der Waals surface area contributed by atoms with Gasteiger partial charge in [-0.25, -0.2) is 0 Å². The van der Waals surface area contributed by atoms with Gasteiger partial charge in [0, 0.05) is 18.7 Å². The minimum atomic E-state index is 0.794. The van der Waals surface area contributed by atoms with Gasteiger partial charge in [0.25, 0.3) is 0 Å². The number of aromatic nitrogens is 4. The Kier molecular flexibility index (Phi) is 3.69. The zero-order chi connectivity index (χ0) is 15.6. The Labute approximate surface area is 136 Å². The zero-order valence-corrected chi connectivity index (χ0v) is 13.4. The molecule has 3 heterocycles. The molecule has 0 atom stereocenters. The van der Waals surface area contributed by atoms with E-state index in [0.29, 0.717) is 0 Å². The summed E-state index contributed by atoms with van der Waals surface area (Å²) in [6.07, 6.45) is 4.82. The molecule has 5 nitrogen and oxygen atoms in total. The van der Waals surface area contributed by atoms with Crippen molar-refractivity contribution in [1.29, 1.82) is 0 Å². The largest absolute Gasteiger partial charge is 0.355 e. The van der Waals surface area contributed by atoms with Gasteiger partial charge in [0.1, 0.15) is 5.82 Å². The van der Waals surface area contributed by atoms with Crippen molar-refractivity contribution in [3.05, 3.63) is 42.0 Å². The fourth-order valence-electron chi connectivity index (χ4n) is 3.18. The van der Waals surface area contributed by atoms with Crippen LogP contribution in [-0.4, -0.2) is 32.9 Å². The Morgan fingerprint density at radius 1 is 1.00 bits per heavy atom. The average Bonchev–Trinajstić information content (AvgIpc) is 3.05. The van der Waals surface area contributed by atoms with Crippen molar-refractivity contribution in [2.24, 2.45) is 0 Å². The lowest BCUT2D eigenvalue weighted by Crippen LogP contribution is -2.30. The molecule has 118 valence electrons. The van der Waals surface area contributed by atoms with Crippen LogP contribution in [0.4, 0.5) is 5.82 Å². The maximum Gasteiger partial charge on any atom is 0.185 e. The predicted octanol–water partition coefficient (Wildman–Crippen LogP) is 3.34. The Balaban J connectivity index is 1.77. The topological polar surface area (TPSA) is 46.3 Å². The van der Waals surface area contributed by atoms with E-state index in [4.69, 9.17) is 5.10 Å². The lowest BCUT2D eigenvalue weighted by molar-refractivity contribution is 0.570. The number of hydrogen-bond donors (Lipinski definition) is 0. The van der Waals surface area contributed by atoms with Crippen LogP contribution in [0.1, 0.15) is 31.7 Å². The molecular weight excluding hydrogens is 286 g/mol. The van der Waals surface area contributed by atoms with Crippen molar-refractivity contribution in [2.75, 3.05) is 18.0 Å². The highest BCUT2D eigenvalue weighted by Gasteiger charge is 2.15. The fourth-order valence-corrected chi connectivity index (χ4v) is 3.18. The highest BCUT2D eigenvalue weighted by atomic mass is 15.4. The number of anilines is 1. The van der Waals surface area contributed by atoms with Crippen LogP contribution in [-0.2, 0) is 6.42 Å². The summed E-state index contributed by atoms with van der Waals surface area (Å²) in [5.41, 5.74) is 3.16. The molecule has 0 spiro atoms. The molecule has 1 aliphatic rings. The molecule has 5 heteroatoms. The number of nitrogens with zero attached hydrogens (tertiary/aromatic N) is 5. The van der Waals surface area contributed by atoms with Gasteiger partial charge in [-0.15, -0.1) is 15.3 Å². The number of rotatable bonds is 3. The monoisotopic (exact) mass is 307 g/mol. The number of piperidine rings is 1. The highest BCUT2D eigenvalue weighted by Crippen LogP contribution is 2.22. The molecule has 2 aromatic heterocycles. The normalized spacial score (nSPS) is 15.3. The first-order valence-corrected chi connectivity index (χ1v) is 8.42. The molecule has 1 aliphatic heterocycles. The first kappa shape index (κ1) is 14.2. The standard InChI is InChI=1S/C18H21N5/c1-2-14-7-6-8-15(13-14)18-20-19-16-9-10-17(21-23(16)18)22-11-4-3-5-12-22/h6-10,13H,2-5,11-12H2,1H3. The molecule has 3 aromatic rings. The average molecular weight is 307 g/mol. The Bertz CT molecular complexity index is 817. The van der Waals surface area contributed by atoms with E-state index in [0.717, 1.165) is 42.4 Å². The van der Waals surface area contributed by atoms with E-state index in [1.807, 2.05) is 10.6 Å². The summed E-state index contributed by atoms with van der Waals surface area (Å²) in [6.45, 7) is 4.33. The summed E-state index contributed by atoms with van der Waals surface area (Å²) < 4.78 is 1.87. The minimum absolute atomic E-state index is 0.794. The second-order valence-electron chi connectivity index (χ2n) is 6.09. The quantitative estimate of drug-likeness (QED) is 0.744. The van der Waals surface area contributed by atoms with Crippen molar-refractivity contribution in [2.45, 2.75) is 32.6 Å². The lowest BCUT2D eigenvalue weighted by atomic mass is 10.1. The van der Waals surface area contributed by atoms with Gasteiger partial charge < -0.3 is 4.90 Å². The van der Waals surface area contributed by atoms with Gasteiger partial charge in [-0.1, -0.05) is 25.1 Å². The van der Waals surface area contributed by atoms with Gasteiger partial charge in [0.2, 0.25) is 0 Å². The summed E-state index contributed by atoms with van der Waals surface area (Å²) >= 11 is 0. The van der Waals surface area contributed by atoms with Crippen LogP contribution in [0.5, 0.6) is 0 Å². The molecule has 0 aliphatic carbocycles. The SMILES string of the molecule is CCc1cccc(-c2nnc3ccc(N4CCCCC4)nn23)c1. The smallest absolute Gasteiger partial charge is 0.185 e. The molecule has 1 saturated heterocycles. The third-order valence-electron chi connectivity index (χ3n) is 4.52. The Hall–Kier alpha value is -2.43. The summed E-state index contributed by atoms with van der Waals surface area (Å²) in [5.74, 6) is 1.83. The van der Waals surface area contributed by atoms with Gasteiger partial charge in [0.05, 0.1) is 0 Å². The van der Waals surface area contributed by atoms with E-state index in [1.165, 1.54) is 24.8 Å². The molecule has 1 aromatic carbocycles. The van der Waals surface area contributed by atoms with Crippen LogP contribution < -0.4 is 4.90 Å². The third-order valence-corrected chi connectivity index (χ3v) is 4.52. The number of benzene rings is 1. The van der Waals surface area contributed by atoms with Gasteiger partial charge in [-0.05, 0) is 49.4 Å². The summed E-state index contributed by atoms with van der Waals surface area (Å²) in [4.78, 5) is 2.36. The van der Waals surface area contributed by atoms with Crippen LogP contribution in [0, 0.1) is 0 Å². The lowest BCUT2D eigenvalue weighted by Gasteiger charge is -2.27. The molecule has 1 fully saturated rings. The van der Waals surface area contributed by atoms with Crippen LogP contribution in [0.25, 0.3) is 17.0 Å². The number of fused-ring (bicyclic) bond motifs is 1. The van der Waals surface area contributed by atoms with E-state index in [9.17, 15) is 0 Å². The van der Waals surface area contributed by atoms with Gasteiger partial charge in [0.15, 0.2) is 11.5 Å². The van der Waals surface area contributed by atoms with Crippen LogP contribution >= 0.6 is 0 Å². The minimum Gasteiger partial charge on any atom is -0.355 e. The molecular formula is C18H21N5. The van der Waals surface area contributed by atoms with Crippen LogP contribution in [0.2, 0.25) is 0 Å². The Morgan fingerprint density at radius 3 is 2.70 bits per heavy atom. The molecule has 0 unspecified atom stereocenters. The molecule has 0 N–H and O–H groups in total. The third kappa shape index (κ3) is 2.67. The van der Waals surface area contributed by atoms with Crippen molar-refractivity contribution in [3.63, 3.8) is 0 Å². The first-order valence-electron chi connectivity index (χ1n) is 8.42. The van der Waals surface area contributed by atoms with Crippen LogP contribution in [0.15, 0.2) is 36.4 Å². The zero-order valence-electron chi connectivity index (χ0n) is 13.4. The molecule has 23 heavy (non-hydrogen) atoms. The predicted molar refractivity (Wildman–Crippen MR) is 91.7 cm³/mol. The second kappa shape index (κ2) is 5.99. The molecule has 4 rings (SSSR count). The van der Waals surface area contributed by atoms with Crippen molar-refractivity contribution >= 4 is 11.5 Å². The molecule has 0 bridgehead atoms. The van der Waals surface area contributed by atoms with Crippen LogP contribution in [0.3, 0.4) is 0 Å². The van der Waals surface area contributed by atoms with E-state index in [-0.39, 0.29) is 0 Å². The van der Waals surface area contributed by atoms with Gasteiger partial charge in [-0.2, -0.15) is 4.52 Å². The number of hydrogen-bond acceptors (Lipinski definition) is 4. The number of aryl methyl sites for hydroxylation is 1. The second-order valence-corrected chi connectivity index (χ2v) is 6.09. The van der Waals surface area contributed by atoms with E-state index >= 15 is 0 Å². The maximum atomic E-state index is 4.81. The Morgan fingerprint density at radius 2 is 1.87 bits per heavy atom. The first-order chi connectivity index (χ1) is 11.3. The summed E-state index contributed by atoms with van der Waals surface area (Å²) in [6, 6.07) is 12.5. The van der Waals surface area contributed by atoms with Crippen molar-refractivity contribution in [1.82, 2.24) is 19.8 Å². The molecule has 0 radical (unpaired) electrons. The van der Waals surface area contributed by atoms with E-state index in [2.05, 4.69) is 52.4 Å². The fraction of sp³-hybridized carbons (Fsp3) is 0.389.